The van der Waals surface area contributed by atoms with Crippen LogP contribution in [0.4, 0.5) is 0 Å². The number of carbonyl (C=O) groups excluding carboxylic acids is 1. The molecule has 0 amide bonds. The quantitative estimate of drug-likeness (QED) is 0.131. The molecular formula is C49H72O18. The summed E-state index contributed by atoms with van der Waals surface area (Å²) in [6.45, 7) is 10.7. The number of allylic oxidation sites excluding steroid dienone is 1. The molecule has 67 heavy (non-hydrogen) atoms. The van der Waals surface area contributed by atoms with Crippen LogP contribution in [0.3, 0.4) is 0 Å². The van der Waals surface area contributed by atoms with Crippen LogP contribution < -0.4 is 0 Å². The summed E-state index contributed by atoms with van der Waals surface area (Å²) in [6, 6.07) is 2.91. The van der Waals surface area contributed by atoms with E-state index in [2.05, 4.69) is 33.8 Å². The van der Waals surface area contributed by atoms with E-state index in [0.717, 1.165) is 51.6 Å². The number of fused-ring (bicyclic) bond motifs is 7. The van der Waals surface area contributed by atoms with Crippen LogP contribution in [-0.4, -0.2) is 166 Å². The lowest BCUT2D eigenvalue weighted by atomic mass is 9.47. The van der Waals surface area contributed by atoms with Gasteiger partial charge in [-0.3, -0.25) is 0 Å². The number of hydrogen-bond donors (Lipinski definition) is 7. The van der Waals surface area contributed by atoms with E-state index in [1.807, 2.05) is 0 Å². The molecule has 25 atom stereocenters. The summed E-state index contributed by atoms with van der Waals surface area (Å²) in [4.78, 5) is 12.4. The lowest BCUT2D eigenvalue weighted by molar-refractivity contribution is -0.380. The molecule has 6 heterocycles. The number of carbonyl (C=O) groups is 1. The maximum Gasteiger partial charge on any atom is 0.374 e. The molecule has 7 N–H and O–H groups in total. The average Bonchev–Trinajstić information content (AvgIpc) is 4.08. The van der Waals surface area contributed by atoms with Gasteiger partial charge in [-0.25, -0.2) is 4.79 Å². The van der Waals surface area contributed by atoms with Crippen LogP contribution in [0.1, 0.15) is 103 Å². The summed E-state index contributed by atoms with van der Waals surface area (Å²) in [5.74, 6) is 1.66. The molecule has 7 unspecified atom stereocenters. The van der Waals surface area contributed by atoms with Crippen LogP contribution in [-0.2, 0) is 42.6 Å². The Kier molecular flexibility index (Phi) is 13.4. The fraction of sp³-hybridized carbons (Fsp3) is 0.857. The monoisotopic (exact) mass is 948 g/mol. The SMILES string of the molecule is C[C@@H]1CC[C@@]2(OC1)OC1CC3C4CC=C5C[C@@H](O[C@@H]6O[C@H](CO)[C@@H](OC7O[C@@H](COC(=O)c8ccco8)[C@H](O)[C@H]7O)[C@H](O)[C@H]6OC6O[C@@H](C)[C@H](O)[C@@H](O)[C@H]6O)CC[C@]5(C)C4CC[C@]3(C)C1[C@@H]2C. The molecule has 1 aromatic heterocycles. The normalized spacial score (nSPS) is 52.8. The van der Waals surface area contributed by atoms with Gasteiger partial charge in [-0.15, -0.1) is 0 Å². The van der Waals surface area contributed by atoms with E-state index in [-0.39, 0.29) is 28.8 Å². The first-order valence-electron chi connectivity index (χ1n) is 24.8. The number of ether oxygens (including phenoxy) is 9. The summed E-state index contributed by atoms with van der Waals surface area (Å²) >= 11 is 0. The first-order chi connectivity index (χ1) is 32.0. The topological polar surface area (TPSA) is 255 Å². The van der Waals surface area contributed by atoms with Gasteiger partial charge in [0.25, 0.3) is 0 Å². The summed E-state index contributed by atoms with van der Waals surface area (Å²) < 4.78 is 60.7. The zero-order valence-corrected chi connectivity index (χ0v) is 39.1. The predicted octanol–water partition coefficient (Wildman–Crippen LogP) is 2.31. The van der Waals surface area contributed by atoms with E-state index in [1.54, 1.807) is 0 Å². The number of rotatable bonds is 10. The Morgan fingerprint density at radius 2 is 1.54 bits per heavy atom. The van der Waals surface area contributed by atoms with Crippen LogP contribution in [0.15, 0.2) is 34.5 Å². The third-order valence-corrected chi connectivity index (χ3v) is 18.3. The highest BCUT2D eigenvalue weighted by Crippen LogP contribution is 2.70. The minimum atomic E-state index is -1.73. The van der Waals surface area contributed by atoms with E-state index < -0.39 is 111 Å². The lowest BCUT2D eigenvalue weighted by Gasteiger charge is -2.58. The number of esters is 1. The van der Waals surface area contributed by atoms with Crippen molar-refractivity contribution in [3.05, 3.63) is 35.8 Å². The highest BCUT2D eigenvalue weighted by molar-refractivity contribution is 5.86. The molecule has 0 radical (unpaired) electrons. The van der Waals surface area contributed by atoms with Crippen molar-refractivity contribution >= 4 is 5.97 Å². The first kappa shape index (κ1) is 48.5. The lowest BCUT2D eigenvalue weighted by Crippen LogP contribution is -2.65. The van der Waals surface area contributed by atoms with Crippen molar-refractivity contribution < 1.29 is 87.6 Å². The molecule has 3 saturated carbocycles. The second-order valence-electron chi connectivity index (χ2n) is 22.0. The van der Waals surface area contributed by atoms with Gasteiger partial charge in [0.05, 0.1) is 37.8 Å². The summed E-state index contributed by atoms with van der Waals surface area (Å²) in [6.07, 6.45) is -8.51. The molecule has 8 fully saturated rings. The van der Waals surface area contributed by atoms with Crippen molar-refractivity contribution in [1.29, 1.82) is 0 Å². The molecule has 0 bridgehead atoms. The van der Waals surface area contributed by atoms with Gasteiger partial charge < -0.3 is 82.8 Å². The minimum Gasteiger partial charge on any atom is -0.457 e. The Balaban J connectivity index is 0.835. The largest absolute Gasteiger partial charge is 0.457 e. The highest BCUT2D eigenvalue weighted by Gasteiger charge is 2.69. The van der Waals surface area contributed by atoms with Crippen LogP contribution >= 0.6 is 0 Å². The number of hydrogen-bond acceptors (Lipinski definition) is 18. The Hall–Kier alpha value is -2.11. The number of aliphatic hydroxyl groups is 7. The molecular weight excluding hydrogens is 877 g/mol. The van der Waals surface area contributed by atoms with Gasteiger partial charge in [-0.2, -0.15) is 0 Å². The number of furan rings is 1. The van der Waals surface area contributed by atoms with Gasteiger partial charge in [-0.1, -0.05) is 39.3 Å². The molecule has 10 rings (SSSR count). The van der Waals surface area contributed by atoms with E-state index in [9.17, 15) is 40.5 Å². The van der Waals surface area contributed by atoms with Crippen LogP contribution in [0.2, 0.25) is 0 Å². The molecule has 9 aliphatic rings. The molecule has 1 aromatic rings. The summed E-state index contributed by atoms with van der Waals surface area (Å²) in [5, 5.41) is 76.7. The average molecular weight is 949 g/mol. The van der Waals surface area contributed by atoms with Gasteiger partial charge in [0.15, 0.2) is 24.7 Å². The number of aliphatic hydroxyl groups excluding tert-OH is 7. The molecule has 5 aliphatic heterocycles. The van der Waals surface area contributed by atoms with Gasteiger partial charge >= 0.3 is 5.97 Å². The molecule has 376 valence electrons. The highest BCUT2D eigenvalue weighted by atomic mass is 16.8. The van der Waals surface area contributed by atoms with E-state index >= 15 is 0 Å². The molecule has 4 aliphatic carbocycles. The minimum absolute atomic E-state index is 0.0394. The van der Waals surface area contributed by atoms with Gasteiger partial charge in [-0.05, 0) is 111 Å². The van der Waals surface area contributed by atoms with Crippen molar-refractivity contribution in [3.8, 4) is 0 Å². The Bertz CT molecular complexity index is 1920. The third-order valence-electron chi connectivity index (χ3n) is 18.3. The second-order valence-corrected chi connectivity index (χ2v) is 22.0. The van der Waals surface area contributed by atoms with Crippen molar-refractivity contribution in [1.82, 2.24) is 0 Å². The van der Waals surface area contributed by atoms with Crippen LogP contribution in [0, 0.1) is 46.3 Å². The maximum absolute atomic E-state index is 12.4. The van der Waals surface area contributed by atoms with Gasteiger partial charge in [0, 0.05) is 12.3 Å². The fourth-order valence-corrected chi connectivity index (χ4v) is 14.4. The molecule has 18 heteroatoms. The molecule has 5 saturated heterocycles. The first-order valence-corrected chi connectivity index (χ1v) is 24.8. The van der Waals surface area contributed by atoms with E-state index in [1.165, 1.54) is 30.9 Å². The van der Waals surface area contributed by atoms with Gasteiger partial charge in [0.1, 0.15) is 67.6 Å². The van der Waals surface area contributed by atoms with Crippen molar-refractivity contribution in [3.63, 3.8) is 0 Å². The van der Waals surface area contributed by atoms with Crippen molar-refractivity contribution in [2.75, 3.05) is 19.8 Å². The zero-order chi connectivity index (χ0) is 47.3. The standard InChI is InChI=1S/C49H72O18/c1-22-10-15-49(60-20-22)23(2)34-31(67-49)18-29-27-9-8-25-17-26(11-13-47(25,4)28(27)12-14-48(29,34)5)62-46-42(66-44-39(55)37(53)35(51)24(3)61-44)40(56)41(32(19-50)63-46)65-45-38(54)36(52)33(64-45)21-59-43(57)30-7-6-16-58-30/h6-8,16,22-24,26-29,31-42,44-46,50-56H,9-15,17-21H2,1-5H3/t22-,23+,24+,26+,27?,28?,29?,31?,32-,33+,34?,35+,36+,37-,38-,39-,40+,41-,42-,44?,45?,46-,47+,48+,49-/m1/s1. The summed E-state index contributed by atoms with van der Waals surface area (Å²) in [7, 11) is 0. The Morgan fingerprint density at radius 3 is 2.27 bits per heavy atom. The molecule has 18 nitrogen and oxygen atoms in total. The van der Waals surface area contributed by atoms with Crippen molar-refractivity contribution in [2.24, 2.45) is 46.3 Å². The smallest absolute Gasteiger partial charge is 0.374 e. The second kappa shape index (κ2) is 18.5. The maximum atomic E-state index is 12.4. The van der Waals surface area contributed by atoms with Gasteiger partial charge in [0.2, 0.25) is 5.76 Å². The zero-order valence-electron chi connectivity index (χ0n) is 39.1. The van der Waals surface area contributed by atoms with Crippen LogP contribution in [0.5, 0.6) is 0 Å². The molecule has 1 spiro atoms. The van der Waals surface area contributed by atoms with Crippen molar-refractivity contribution in [2.45, 2.75) is 196 Å². The predicted molar refractivity (Wildman–Crippen MR) is 230 cm³/mol. The Labute approximate surface area is 391 Å². The summed E-state index contributed by atoms with van der Waals surface area (Å²) in [5.41, 5.74) is 1.48. The fourth-order valence-electron chi connectivity index (χ4n) is 14.4. The Morgan fingerprint density at radius 1 is 0.791 bits per heavy atom. The van der Waals surface area contributed by atoms with E-state index in [4.69, 9.17) is 47.0 Å². The van der Waals surface area contributed by atoms with Crippen LogP contribution in [0.25, 0.3) is 0 Å². The molecule has 0 aromatic carbocycles. The van der Waals surface area contributed by atoms with E-state index in [0.29, 0.717) is 48.3 Å². The third kappa shape index (κ3) is 8.28.